The second-order valence-corrected chi connectivity index (χ2v) is 6.59. The van der Waals surface area contributed by atoms with Gasteiger partial charge in [-0.1, -0.05) is 19.8 Å². The first kappa shape index (κ1) is 15.3. The normalized spacial score (nSPS) is 31.9. The molecule has 0 spiro atoms. The Morgan fingerprint density at radius 1 is 1.30 bits per heavy atom. The first-order valence-corrected chi connectivity index (χ1v) is 7.81. The van der Waals surface area contributed by atoms with Crippen LogP contribution < -0.4 is 11.1 Å². The van der Waals surface area contributed by atoms with Crippen LogP contribution >= 0.6 is 0 Å². The number of carbonyl (C=O) groups is 2. The molecule has 20 heavy (non-hydrogen) atoms. The Balaban J connectivity index is 1.91. The third-order valence-corrected chi connectivity index (χ3v) is 4.62. The van der Waals surface area contributed by atoms with Crippen LogP contribution in [0.1, 0.15) is 52.4 Å². The van der Waals surface area contributed by atoms with Crippen molar-refractivity contribution in [3.8, 4) is 0 Å². The molecule has 2 fully saturated rings. The summed E-state index contributed by atoms with van der Waals surface area (Å²) in [6.07, 6.45) is 5.67. The van der Waals surface area contributed by atoms with Crippen molar-refractivity contribution in [1.29, 1.82) is 0 Å². The summed E-state index contributed by atoms with van der Waals surface area (Å²) < 4.78 is 0. The summed E-state index contributed by atoms with van der Waals surface area (Å²) in [6, 6.07) is -0.474. The quantitative estimate of drug-likeness (QED) is 0.811. The maximum atomic E-state index is 12.4. The molecule has 1 aliphatic heterocycles. The average molecular weight is 281 g/mol. The summed E-state index contributed by atoms with van der Waals surface area (Å²) in [5.41, 5.74) is 5.46. The van der Waals surface area contributed by atoms with Gasteiger partial charge in [0.05, 0.1) is 5.54 Å². The highest BCUT2D eigenvalue weighted by Crippen LogP contribution is 2.30. The molecule has 5 heteroatoms. The highest BCUT2D eigenvalue weighted by atomic mass is 16.2. The lowest BCUT2D eigenvalue weighted by Crippen LogP contribution is -2.59. The highest BCUT2D eigenvalue weighted by Gasteiger charge is 2.39. The van der Waals surface area contributed by atoms with Gasteiger partial charge in [0.2, 0.25) is 11.8 Å². The second-order valence-electron chi connectivity index (χ2n) is 6.59. The Hall–Kier alpha value is -1.10. The molecule has 2 rings (SSSR count). The summed E-state index contributed by atoms with van der Waals surface area (Å²) in [7, 11) is 0. The van der Waals surface area contributed by atoms with E-state index >= 15 is 0 Å². The van der Waals surface area contributed by atoms with E-state index < -0.39 is 11.6 Å². The van der Waals surface area contributed by atoms with Gasteiger partial charge in [-0.05, 0) is 38.5 Å². The van der Waals surface area contributed by atoms with Gasteiger partial charge in [-0.2, -0.15) is 0 Å². The largest absolute Gasteiger partial charge is 0.343 e. The summed E-state index contributed by atoms with van der Waals surface area (Å²) in [5.74, 6) is 0.330. The lowest BCUT2D eigenvalue weighted by molar-refractivity contribution is -0.137. The molecule has 3 atom stereocenters. The Morgan fingerprint density at radius 3 is 2.55 bits per heavy atom. The number of hydrogen-bond donors (Lipinski definition) is 2. The zero-order valence-corrected chi connectivity index (χ0v) is 12.7. The van der Waals surface area contributed by atoms with Crippen molar-refractivity contribution >= 4 is 11.8 Å². The van der Waals surface area contributed by atoms with Gasteiger partial charge in [0.1, 0.15) is 6.04 Å². The van der Waals surface area contributed by atoms with E-state index in [9.17, 15) is 9.59 Å². The van der Waals surface area contributed by atoms with Gasteiger partial charge in [-0.25, -0.2) is 0 Å². The van der Waals surface area contributed by atoms with E-state index in [0.29, 0.717) is 18.8 Å². The molecule has 3 N–H and O–H groups in total. The molecule has 0 aromatic carbocycles. The minimum absolute atomic E-state index is 0.0170. The van der Waals surface area contributed by atoms with Crippen LogP contribution in [0, 0.1) is 5.92 Å². The monoisotopic (exact) mass is 281 g/mol. The van der Waals surface area contributed by atoms with Gasteiger partial charge in [-0.15, -0.1) is 0 Å². The topological polar surface area (TPSA) is 75.4 Å². The van der Waals surface area contributed by atoms with E-state index in [1.807, 2.05) is 4.90 Å². The van der Waals surface area contributed by atoms with E-state index in [0.717, 1.165) is 38.8 Å². The maximum absolute atomic E-state index is 12.4. The number of likely N-dealkylation sites (tertiary alicyclic amines) is 1. The number of nitrogens with two attached hydrogens (primary N) is 1. The molecular formula is C15H27N3O2. The molecule has 0 bridgehead atoms. The molecule has 1 saturated carbocycles. The number of carbonyl (C=O) groups excluding carboxylic acids is 2. The summed E-state index contributed by atoms with van der Waals surface area (Å²) in [5, 5.41) is 2.83. The second kappa shape index (κ2) is 6.12. The van der Waals surface area contributed by atoms with E-state index in [1.54, 1.807) is 6.92 Å². The molecule has 0 radical (unpaired) electrons. The molecule has 2 aliphatic rings. The maximum Gasteiger partial charge on any atom is 0.244 e. The van der Waals surface area contributed by atoms with E-state index in [4.69, 9.17) is 5.73 Å². The van der Waals surface area contributed by atoms with Crippen LogP contribution in [0.5, 0.6) is 0 Å². The molecule has 2 amide bonds. The number of rotatable bonds is 3. The van der Waals surface area contributed by atoms with Gasteiger partial charge < -0.3 is 16.0 Å². The van der Waals surface area contributed by atoms with Crippen LogP contribution in [0.25, 0.3) is 0 Å². The van der Waals surface area contributed by atoms with Crippen LogP contribution in [0.3, 0.4) is 0 Å². The van der Waals surface area contributed by atoms with Crippen LogP contribution in [-0.4, -0.2) is 41.4 Å². The third kappa shape index (κ3) is 3.32. The minimum Gasteiger partial charge on any atom is -0.343 e. The smallest absolute Gasteiger partial charge is 0.244 e. The van der Waals surface area contributed by atoms with Gasteiger partial charge in [-0.3, -0.25) is 9.59 Å². The van der Waals surface area contributed by atoms with Gasteiger partial charge in [0.25, 0.3) is 0 Å². The van der Waals surface area contributed by atoms with Crippen LogP contribution in [0.2, 0.25) is 0 Å². The molecule has 0 aromatic rings. The van der Waals surface area contributed by atoms with Crippen LogP contribution in [-0.2, 0) is 9.59 Å². The first-order valence-electron chi connectivity index (χ1n) is 7.81. The van der Waals surface area contributed by atoms with Crippen molar-refractivity contribution in [3.05, 3.63) is 0 Å². The van der Waals surface area contributed by atoms with Crippen molar-refractivity contribution in [2.75, 3.05) is 13.1 Å². The Bertz CT molecular complexity index is 379. The Labute approximate surface area is 121 Å². The summed E-state index contributed by atoms with van der Waals surface area (Å²) >= 11 is 0. The molecule has 5 nitrogen and oxygen atoms in total. The molecule has 0 aromatic heterocycles. The molecule has 3 unspecified atom stereocenters. The third-order valence-electron chi connectivity index (χ3n) is 4.62. The standard InChI is InChI=1S/C15H27N3O2/c1-11-6-5-7-15(16,10-11)14(20)17-12(2)13(19)18-8-3-4-9-18/h11-12H,3-10,16H2,1-2H3,(H,17,20). The van der Waals surface area contributed by atoms with E-state index in [2.05, 4.69) is 12.2 Å². The minimum atomic E-state index is -0.794. The fourth-order valence-electron chi connectivity index (χ4n) is 3.41. The van der Waals surface area contributed by atoms with Crippen LogP contribution in [0.15, 0.2) is 0 Å². The Kier molecular flexibility index (Phi) is 4.68. The van der Waals surface area contributed by atoms with Crippen molar-refractivity contribution in [1.82, 2.24) is 10.2 Å². The number of nitrogens with one attached hydrogen (secondary N) is 1. The number of nitrogens with zero attached hydrogens (tertiary/aromatic N) is 1. The number of amides is 2. The predicted octanol–water partition coefficient (Wildman–Crippen LogP) is 1.02. The number of hydrogen-bond acceptors (Lipinski definition) is 3. The highest BCUT2D eigenvalue weighted by molar-refractivity contribution is 5.91. The van der Waals surface area contributed by atoms with Crippen molar-refractivity contribution in [3.63, 3.8) is 0 Å². The van der Waals surface area contributed by atoms with Gasteiger partial charge in [0, 0.05) is 13.1 Å². The molecule has 1 heterocycles. The fraction of sp³-hybridized carbons (Fsp3) is 0.867. The first-order chi connectivity index (χ1) is 9.42. The molecule has 1 saturated heterocycles. The summed E-state index contributed by atoms with van der Waals surface area (Å²) in [4.78, 5) is 26.4. The fourth-order valence-corrected chi connectivity index (χ4v) is 3.41. The average Bonchev–Trinajstić information content (AvgIpc) is 2.91. The lowest BCUT2D eigenvalue weighted by atomic mass is 9.76. The van der Waals surface area contributed by atoms with Crippen molar-refractivity contribution < 1.29 is 9.59 Å². The van der Waals surface area contributed by atoms with Crippen LogP contribution in [0.4, 0.5) is 0 Å². The zero-order valence-electron chi connectivity index (χ0n) is 12.7. The molecular weight excluding hydrogens is 254 g/mol. The van der Waals surface area contributed by atoms with Gasteiger partial charge in [0.15, 0.2) is 0 Å². The zero-order chi connectivity index (χ0) is 14.8. The molecule has 114 valence electrons. The SMILES string of the molecule is CC1CCCC(N)(C(=O)NC(C)C(=O)N2CCCC2)C1. The predicted molar refractivity (Wildman–Crippen MR) is 78.0 cm³/mol. The van der Waals surface area contributed by atoms with Crippen molar-refractivity contribution in [2.45, 2.75) is 64.0 Å². The van der Waals surface area contributed by atoms with E-state index in [1.165, 1.54) is 0 Å². The van der Waals surface area contributed by atoms with E-state index in [-0.39, 0.29) is 11.8 Å². The molecule has 1 aliphatic carbocycles. The summed E-state index contributed by atoms with van der Waals surface area (Å²) in [6.45, 7) is 5.51. The van der Waals surface area contributed by atoms with Gasteiger partial charge >= 0.3 is 0 Å². The van der Waals surface area contributed by atoms with Crippen molar-refractivity contribution in [2.24, 2.45) is 11.7 Å². The lowest BCUT2D eigenvalue weighted by Gasteiger charge is -2.36. The Morgan fingerprint density at radius 2 is 1.95 bits per heavy atom.